The summed E-state index contributed by atoms with van der Waals surface area (Å²) in [6.45, 7) is 4.92. The summed E-state index contributed by atoms with van der Waals surface area (Å²) in [6.07, 6.45) is 2.72. The van der Waals surface area contributed by atoms with Crippen LogP contribution in [-0.2, 0) is 0 Å². The average molecular weight is 267 g/mol. The van der Waals surface area contributed by atoms with Gasteiger partial charge in [0.15, 0.2) is 0 Å². The van der Waals surface area contributed by atoms with Gasteiger partial charge in [0.25, 0.3) is 0 Å². The van der Waals surface area contributed by atoms with Crippen molar-refractivity contribution in [2.75, 3.05) is 17.2 Å². The highest BCUT2D eigenvalue weighted by Crippen LogP contribution is 2.20. The van der Waals surface area contributed by atoms with E-state index in [1.54, 1.807) is 18.3 Å². The first-order valence-corrected chi connectivity index (χ1v) is 6.57. The van der Waals surface area contributed by atoms with E-state index in [1.807, 2.05) is 19.1 Å². The van der Waals surface area contributed by atoms with Crippen LogP contribution in [0.15, 0.2) is 30.5 Å². The molecule has 0 atom stereocenters. The second-order valence-electron chi connectivity index (χ2n) is 4.46. The van der Waals surface area contributed by atoms with Gasteiger partial charge in [-0.3, -0.25) is 0 Å². The van der Waals surface area contributed by atoms with Crippen molar-refractivity contribution in [1.29, 1.82) is 5.26 Å². The Bertz CT molecular complexity index is 630. The Morgan fingerprint density at radius 2 is 2.15 bits per heavy atom. The molecule has 0 aliphatic heterocycles. The fraction of sp³-hybridized carbons (Fsp3) is 0.267. The molecule has 1 aromatic heterocycles. The van der Waals surface area contributed by atoms with Crippen molar-refractivity contribution in [2.45, 2.75) is 20.3 Å². The van der Waals surface area contributed by atoms with Crippen molar-refractivity contribution in [3.05, 3.63) is 41.6 Å². The average Bonchev–Trinajstić information content (AvgIpc) is 2.48. The number of nitrogens with one attached hydrogen (secondary N) is 2. The molecule has 2 rings (SSSR count). The molecule has 0 aliphatic carbocycles. The summed E-state index contributed by atoms with van der Waals surface area (Å²) in [7, 11) is 0. The largest absolute Gasteiger partial charge is 0.354 e. The minimum absolute atomic E-state index is 0.603. The summed E-state index contributed by atoms with van der Waals surface area (Å²) in [5.41, 5.74) is 2.56. The number of nitriles is 1. The summed E-state index contributed by atoms with van der Waals surface area (Å²) in [6, 6.07) is 9.47. The summed E-state index contributed by atoms with van der Waals surface area (Å²) in [4.78, 5) is 8.55. The zero-order chi connectivity index (χ0) is 14.4. The van der Waals surface area contributed by atoms with Gasteiger partial charge in [-0.25, -0.2) is 4.98 Å². The van der Waals surface area contributed by atoms with Gasteiger partial charge in [-0.2, -0.15) is 10.2 Å². The van der Waals surface area contributed by atoms with Crippen molar-refractivity contribution in [3.63, 3.8) is 0 Å². The number of hydrogen-bond acceptors (Lipinski definition) is 5. The Morgan fingerprint density at radius 1 is 1.30 bits per heavy atom. The molecule has 1 heterocycles. The Hall–Kier alpha value is -2.61. The van der Waals surface area contributed by atoms with Crippen LogP contribution in [0.2, 0.25) is 0 Å². The van der Waals surface area contributed by atoms with Crippen molar-refractivity contribution in [3.8, 4) is 6.07 Å². The van der Waals surface area contributed by atoms with E-state index in [9.17, 15) is 0 Å². The van der Waals surface area contributed by atoms with Crippen molar-refractivity contribution in [1.82, 2.24) is 9.97 Å². The van der Waals surface area contributed by atoms with E-state index in [2.05, 4.69) is 33.6 Å². The predicted molar refractivity (Wildman–Crippen MR) is 80.0 cm³/mol. The number of anilines is 3. The maximum atomic E-state index is 8.95. The normalized spacial score (nSPS) is 9.85. The first-order chi connectivity index (χ1) is 9.72. The molecule has 1 aromatic carbocycles. The molecule has 5 heteroatoms. The Kier molecular flexibility index (Phi) is 4.51. The number of rotatable bonds is 5. The number of benzene rings is 1. The quantitative estimate of drug-likeness (QED) is 0.870. The minimum atomic E-state index is 0.603. The smallest absolute Gasteiger partial charge is 0.224 e. The standard InChI is InChI=1S/C15H17N5/c1-3-7-17-15-18-8-6-14(20-15)19-13-9-12(10-16)5-4-11(13)2/h4-6,8-9H,3,7H2,1-2H3,(H2,17,18,19,20). The van der Waals surface area contributed by atoms with Crippen LogP contribution in [0.1, 0.15) is 24.5 Å². The minimum Gasteiger partial charge on any atom is -0.354 e. The van der Waals surface area contributed by atoms with Crippen molar-refractivity contribution < 1.29 is 0 Å². The van der Waals surface area contributed by atoms with Gasteiger partial charge in [-0.05, 0) is 37.1 Å². The third-order valence-electron chi connectivity index (χ3n) is 2.82. The zero-order valence-electron chi connectivity index (χ0n) is 11.6. The molecule has 0 radical (unpaired) electrons. The molecule has 2 N–H and O–H groups in total. The monoisotopic (exact) mass is 267 g/mol. The topological polar surface area (TPSA) is 73.6 Å². The lowest BCUT2D eigenvalue weighted by atomic mass is 10.1. The lowest BCUT2D eigenvalue weighted by Gasteiger charge is -2.10. The fourth-order valence-corrected chi connectivity index (χ4v) is 1.71. The van der Waals surface area contributed by atoms with Gasteiger partial charge in [-0.1, -0.05) is 13.0 Å². The molecule has 5 nitrogen and oxygen atoms in total. The van der Waals surface area contributed by atoms with E-state index in [0.717, 1.165) is 24.2 Å². The zero-order valence-corrected chi connectivity index (χ0v) is 11.6. The van der Waals surface area contributed by atoms with Gasteiger partial charge in [0, 0.05) is 18.4 Å². The second-order valence-corrected chi connectivity index (χ2v) is 4.46. The summed E-state index contributed by atoms with van der Waals surface area (Å²) in [5, 5.41) is 15.3. The summed E-state index contributed by atoms with van der Waals surface area (Å²) < 4.78 is 0. The number of aromatic nitrogens is 2. The van der Waals surface area contributed by atoms with Gasteiger partial charge in [0.2, 0.25) is 5.95 Å². The maximum absolute atomic E-state index is 8.95. The Balaban J connectivity index is 2.19. The number of nitrogens with zero attached hydrogens (tertiary/aromatic N) is 3. The van der Waals surface area contributed by atoms with Crippen LogP contribution in [0.3, 0.4) is 0 Å². The molecule has 2 aromatic rings. The maximum Gasteiger partial charge on any atom is 0.224 e. The molecule has 0 saturated heterocycles. The molecule has 0 saturated carbocycles. The molecular weight excluding hydrogens is 250 g/mol. The van der Waals surface area contributed by atoms with Crippen LogP contribution < -0.4 is 10.6 Å². The van der Waals surface area contributed by atoms with Gasteiger partial charge >= 0.3 is 0 Å². The van der Waals surface area contributed by atoms with Crippen LogP contribution in [-0.4, -0.2) is 16.5 Å². The Labute approximate surface area is 118 Å². The van der Waals surface area contributed by atoms with E-state index in [4.69, 9.17) is 5.26 Å². The molecule has 0 amide bonds. The molecule has 102 valence electrons. The van der Waals surface area contributed by atoms with Crippen LogP contribution in [0, 0.1) is 18.3 Å². The molecular formula is C15H17N5. The SMILES string of the molecule is CCCNc1nccc(Nc2cc(C#N)ccc2C)n1. The highest BCUT2D eigenvalue weighted by molar-refractivity contribution is 5.63. The molecule has 0 unspecified atom stereocenters. The first-order valence-electron chi connectivity index (χ1n) is 6.57. The molecule has 0 fully saturated rings. The van der Waals surface area contributed by atoms with Crippen molar-refractivity contribution >= 4 is 17.5 Å². The second kappa shape index (κ2) is 6.53. The van der Waals surface area contributed by atoms with E-state index in [1.165, 1.54) is 0 Å². The van der Waals surface area contributed by atoms with Gasteiger partial charge in [0.1, 0.15) is 5.82 Å². The lowest BCUT2D eigenvalue weighted by molar-refractivity contribution is 0.953. The van der Waals surface area contributed by atoms with E-state index in [0.29, 0.717) is 17.3 Å². The van der Waals surface area contributed by atoms with Gasteiger partial charge < -0.3 is 10.6 Å². The van der Waals surface area contributed by atoms with Crippen LogP contribution in [0.5, 0.6) is 0 Å². The lowest BCUT2D eigenvalue weighted by Crippen LogP contribution is -2.05. The van der Waals surface area contributed by atoms with Gasteiger partial charge in [0.05, 0.1) is 11.6 Å². The number of aryl methyl sites for hydroxylation is 1. The molecule has 0 aliphatic rings. The highest BCUT2D eigenvalue weighted by atomic mass is 15.1. The molecule has 20 heavy (non-hydrogen) atoms. The first kappa shape index (κ1) is 13.8. The molecule has 0 spiro atoms. The number of hydrogen-bond donors (Lipinski definition) is 2. The summed E-state index contributed by atoms with van der Waals surface area (Å²) in [5.74, 6) is 1.31. The van der Waals surface area contributed by atoms with Crippen LogP contribution in [0.4, 0.5) is 17.5 Å². The van der Waals surface area contributed by atoms with Gasteiger partial charge in [-0.15, -0.1) is 0 Å². The van der Waals surface area contributed by atoms with Crippen LogP contribution in [0.25, 0.3) is 0 Å². The third kappa shape index (κ3) is 3.45. The molecule has 0 bridgehead atoms. The summed E-state index contributed by atoms with van der Waals surface area (Å²) >= 11 is 0. The predicted octanol–water partition coefficient (Wildman–Crippen LogP) is 3.22. The fourth-order valence-electron chi connectivity index (χ4n) is 1.71. The highest BCUT2D eigenvalue weighted by Gasteiger charge is 2.03. The van der Waals surface area contributed by atoms with E-state index >= 15 is 0 Å². The Morgan fingerprint density at radius 3 is 2.90 bits per heavy atom. The van der Waals surface area contributed by atoms with E-state index < -0.39 is 0 Å². The van der Waals surface area contributed by atoms with Crippen LogP contribution >= 0.6 is 0 Å². The third-order valence-corrected chi connectivity index (χ3v) is 2.82. The van der Waals surface area contributed by atoms with Crippen molar-refractivity contribution in [2.24, 2.45) is 0 Å². The van der Waals surface area contributed by atoms with E-state index in [-0.39, 0.29) is 0 Å².